The first-order chi connectivity index (χ1) is 15.3. The Morgan fingerprint density at radius 1 is 1.03 bits per heavy atom. The van der Waals surface area contributed by atoms with Gasteiger partial charge in [-0.25, -0.2) is 4.39 Å². The number of hydrogen-bond donors (Lipinski definition) is 2. The summed E-state index contributed by atoms with van der Waals surface area (Å²) in [5.41, 5.74) is 0.506. The summed E-state index contributed by atoms with van der Waals surface area (Å²) in [4.78, 5) is 24.9. The van der Waals surface area contributed by atoms with Gasteiger partial charge in [0.15, 0.2) is 12.4 Å². The van der Waals surface area contributed by atoms with E-state index in [9.17, 15) is 14.0 Å². The van der Waals surface area contributed by atoms with E-state index in [1.807, 2.05) is 6.07 Å². The summed E-state index contributed by atoms with van der Waals surface area (Å²) < 4.78 is 29.8. The molecule has 32 heavy (non-hydrogen) atoms. The van der Waals surface area contributed by atoms with Gasteiger partial charge in [0.25, 0.3) is 11.8 Å². The molecule has 0 atom stereocenters. The summed E-state index contributed by atoms with van der Waals surface area (Å²) >= 11 is 0. The monoisotopic (exact) mass is 438 g/mol. The number of aryl methyl sites for hydroxylation is 1. The predicted octanol–water partition coefficient (Wildman–Crippen LogP) is 3.49. The van der Waals surface area contributed by atoms with Crippen LogP contribution in [0.5, 0.6) is 11.5 Å². The molecule has 0 saturated heterocycles. The van der Waals surface area contributed by atoms with Crippen LogP contribution in [0, 0.1) is 12.7 Å². The third-order valence-corrected chi connectivity index (χ3v) is 6.27. The number of fused-ring (bicyclic) bond motifs is 1. The number of ether oxygens (including phenoxy) is 2. The van der Waals surface area contributed by atoms with Crippen LogP contribution in [0.2, 0.25) is 0 Å². The van der Waals surface area contributed by atoms with E-state index < -0.39 is 0 Å². The summed E-state index contributed by atoms with van der Waals surface area (Å²) in [6.45, 7) is 1.47. The third kappa shape index (κ3) is 3.55. The number of methoxy groups -OCH3 is 1. The highest BCUT2D eigenvalue weighted by Gasteiger charge is 2.69. The molecule has 166 valence electrons. The van der Waals surface area contributed by atoms with E-state index in [0.29, 0.717) is 41.9 Å². The highest BCUT2D eigenvalue weighted by molar-refractivity contribution is 5.97. The Hall–Kier alpha value is -3.55. The van der Waals surface area contributed by atoms with Gasteiger partial charge in [0.2, 0.25) is 0 Å². The maximum atomic E-state index is 13.6. The molecule has 0 spiro atoms. The van der Waals surface area contributed by atoms with Gasteiger partial charge in [-0.1, -0.05) is 6.07 Å². The number of benzene rings is 2. The van der Waals surface area contributed by atoms with E-state index in [0.717, 1.165) is 5.39 Å². The first-order valence-corrected chi connectivity index (χ1v) is 10.4. The Balaban J connectivity index is 1.12. The highest BCUT2D eigenvalue weighted by atomic mass is 19.1. The standard InChI is InChI=1S/C24H23FN2O5/c1-14-3-4-17(9-18(14)25)31-10-21(28)26-23-11-24(12-23,13-23)27-22(29)20-8-15-7-16(30-2)5-6-19(15)32-20/h3-9H,10-13H2,1-2H3,(H,26,28)(H,27,29). The third-order valence-electron chi connectivity index (χ3n) is 6.27. The molecule has 2 aromatic carbocycles. The fourth-order valence-corrected chi connectivity index (χ4v) is 4.76. The topological polar surface area (TPSA) is 89.8 Å². The molecule has 8 heteroatoms. The van der Waals surface area contributed by atoms with Crippen molar-refractivity contribution >= 4 is 22.8 Å². The molecule has 0 aliphatic heterocycles. The maximum absolute atomic E-state index is 13.6. The fourth-order valence-electron chi connectivity index (χ4n) is 4.76. The summed E-state index contributed by atoms with van der Waals surface area (Å²) in [6.07, 6.45) is 1.97. The van der Waals surface area contributed by atoms with E-state index in [1.165, 1.54) is 6.07 Å². The summed E-state index contributed by atoms with van der Waals surface area (Å²) in [7, 11) is 1.58. The molecule has 6 rings (SSSR count). The Kier molecular flexibility index (Phi) is 4.62. The molecule has 7 nitrogen and oxygen atoms in total. The van der Waals surface area contributed by atoms with Crippen LogP contribution in [0.1, 0.15) is 35.4 Å². The lowest BCUT2D eigenvalue weighted by molar-refractivity contribution is -0.141. The first kappa shape index (κ1) is 20.4. The first-order valence-electron chi connectivity index (χ1n) is 10.4. The molecule has 3 aliphatic rings. The van der Waals surface area contributed by atoms with Crippen LogP contribution < -0.4 is 20.1 Å². The van der Waals surface area contributed by atoms with Gasteiger partial charge in [0, 0.05) is 22.5 Å². The summed E-state index contributed by atoms with van der Waals surface area (Å²) in [5, 5.41) is 6.82. The second kappa shape index (κ2) is 7.25. The number of carbonyl (C=O) groups is 2. The van der Waals surface area contributed by atoms with Crippen molar-refractivity contribution < 1.29 is 27.9 Å². The molecule has 2 N–H and O–H groups in total. The Morgan fingerprint density at radius 3 is 2.47 bits per heavy atom. The van der Waals surface area contributed by atoms with E-state index in [4.69, 9.17) is 13.9 Å². The number of nitrogens with one attached hydrogen (secondary N) is 2. The number of hydrogen-bond acceptors (Lipinski definition) is 5. The molecule has 3 aromatic rings. The van der Waals surface area contributed by atoms with Gasteiger partial charge in [-0.2, -0.15) is 0 Å². The van der Waals surface area contributed by atoms with Crippen LogP contribution in [0.4, 0.5) is 4.39 Å². The lowest BCUT2D eigenvalue weighted by Crippen LogP contribution is -2.84. The molecule has 2 bridgehead atoms. The molecule has 0 radical (unpaired) electrons. The number of rotatable bonds is 7. The number of halogens is 1. The van der Waals surface area contributed by atoms with Gasteiger partial charge >= 0.3 is 0 Å². The van der Waals surface area contributed by atoms with Gasteiger partial charge in [-0.05, 0) is 62.1 Å². The zero-order valence-electron chi connectivity index (χ0n) is 17.8. The average molecular weight is 438 g/mol. The van der Waals surface area contributed by atoms with Crippen LogP contribution in [0.25, 0.3) is 11.0 Å². The molecule has 1 aromatic heterocycles. The molecule has 2 amide bonds. The maximum Gasteiger partial charge on any atom is 0.287 e. The van der Waals surface area contributed by atoms with Crippen molar-refractivity contribution in [3.8, 4) is 11.5 Å². The lowest BCUT2D eigenvalue weighted by atomic mass is 9.44. The zero-order valence-corrected chi connectivity index (χ0v) is 17.8. The van der Waals surface area contributed by atoms with Gasteiger partial charge in [0.1, 0.15) is 22.9 Å². The van der Waals surface area contributed by atoms with Gasteiger partial charge in [-0.3, -0.25) is 9.59 Å². The predicted molar refractivity (Wildman–Crippen MR) is 114 cm³/mol. The Morgan fingerprint density at radius 2 is 1.75 bits per heavy atom. The van der Waals surface area contributed by atoms with E-state index in [-0.39, 0.29) is 41.1 Å². The highest BCUT2D eigenvalue weighted by Crippen LogP contribution is 2.60. The molecule has 3 fully saturated rings. The smallest absolute Gasteiger partial charge is 0.287 e. The lowest BCUT2D eigenvalue weighted by Gasteiger charge is -2.70. The largest absolute Gasteiger partial charge is 0.497 e. The van der Waals surface area contributed by atoms with Crippen molar-refractivity contribution in [1.82, 2.24) is 10.6 Å². The van der Waals surface area contributed by atoms with Crippen molar-refractivity contribution in [3.63, 3.8) is 0 Å². The normalized spacial score (nSPS) is 23.1. The van der Waals surface area contributed by atoms with Crippen LogP contribution >= 0.6 is 0 Å². The van der Waals surface area contributed by atoms with Gasteiger partial charge in [-0.15, -0.1) is 0 Å². The fraction of sp³-hybridized carbons (Fsp3) is 0.333. The second-order valence-electron chi connectivity index (χ2n) is 8.81. The molecular formula is C24H23FN2O5. The quantitative estimate of drug-likeness (QED) is 0.590. The van der Waals surface area contributed by atoms with E-state index in [2.05, 4.69) is 10.6 Å². The van der Waals surface area contributed by atoms with Crippen LogP contribution in [-0.4, -0.2) is 36.6 Å². The Labute approximate surface area is 183 Å². The molecule has 3 saturated carbocycles. The minimum atomic E-state index is -0.372. The zero-order chi connectivity index (χ0) is 22.5. The molecule has 0 unspecified atom stereocenters. The van der Waals surface area contributed by atoms with Crippen molar-refractivity contribution in [2.24, 2.45) is 0 Å². The molecule has 1 heterocycles. The van der Waals surface area contributed by atoms with Crippen molar-refractivity contribution in [1.29, 1.82) is 0 Å². The van der Waals surface area contributed by atoms with Gasteiger partial charge in [0.05, 0.1) is 7.11 Å². The number of amides is 2. The SMILES string of the molecule is COc1ccc2oc(C(=O)NC34CC(NC(=O)COc5ccc(C)c(F)c5)(C3)C4)cc2c1. The van der Waals surface area contributed by atoms with E-state index >= 15 is 0 Å². The Bertz CT molecular complexity index is 1210. The minimum absolute atomic E-state index is 0.188. The number of carbonyl (C=O) groups excluding carboxylic acids is 2. The van der Waals surface area contributed by atoms with Crippen molar-refractivity contribution in [3.05, 3.63) is 59.6 Å². The van der Waals surface area contributed by atoms with Gasteiger partial charge < -0.3 is 24.5 Å². The summed E-state index contributed by atoms with van der Waals surface area (Å²) in [6, 6.07) is 11.6. The van der Waals surface area contributed by atoms with Crippen LogP contribution in [0.15, 0.2) is 46.9 Å². The van der Waals surface area contributed by atoms with E-state index in [1.54, 1.807) is 44.4 Å². The average Bonchev–Trinajstić information content (AvgIpc) is 3.15. The van der Waals surface area contributed by atoms with Crippen LogP contribution in [-0.2, 0) is 4.79 Å². The molecule has 3 aliphatic carbocycles. The van der Waals surface area contributed by atoms with Crippen molar-refractivity contribution in [2.75, 3.05) is 13.7 Å². The molecular weight excluding hydrogens is 415 g/mol. The summed E-state index contributed by atoms with van der Waals surface area (Å²) in [5.74, 6) is 0.339. The number of furan rings is 1. The van der Waals surface area contributed by atoms with Crippen LogP contribution in [0.3, 0.4) is 0 Å². The minimum Gasteiger partial charge on any atom is -0.497 e. The second-order valence-corrected chi connectivity index (χ2v) is 8.81. The van der Waals surface area contributed by atoms with Crippen molar-refractivity contribution in [2.45, 2.75) is 37.3 Å².